The average molecular weight is 355 g/mol. The van der Waals surface area contributed by atoms with Gasteiger partial charge in [0.2, 0.25) is 0 Å². The first-order valence-corrected chi connectivity index (χ1v) is 8.55. The number of nitrogens with zero attached hydrogens (tertiary/aromatic N) is 7. The second-order valence-electron chi connectivity index (χ2n) is 6.19. The monoisotopic (exact) mass is 355 g/mol. The lowest BCUT2D eigenvalue weighted by atomic mass is 10.2. The number of fused-ring (bicyclic) bond motifs is 3. The fourth-order valence-electron chi connectivity index (χ4n) is 2.87. The Kier molecular flexibility index (Phi) is 3.36. The molecule has 0 saturated carbocycles. The first-order chi connectivity index (χ1) is 11.9. The summed E-state index contributed by atoms with van der Waals surface area (Å²) in [6.45, 7) is 3.86. The number of amides is 1. The van der Waals surface area contributed by atoms with E-state index < -0.39 is 0 Å². The van der Waals surface area contributed by atoms with E-state index >= 15 is 0 Å². The van der Waals surface area contributed by atoms with Crippen molar-refractivity contribution >= 4 is 33.1 Å². The summed E-state index contributed by atoms with van der Waals surface area (Å²) in [5, 5.41) is 9.76. The molecule has 4 aromatic rings. The molecule has 0 atom stereocenters. The van der Waals surface area contributed by atoms with Gasteiger partial charge in [0.25, 0.3) is 5.91 Å². The molecule has 0 aliphatic heterocycles. The Balaban J connectivity index is 1.97. The summed E-state index contributed by atoms with van der Waals surface area (Å²) in [7, 11) is 5.36. The molecular weight excluding hydrogens is 338 g/mol. The Morgan fingerprint density at radius 2 is 2.00 bits per heavy atom. The van der Waals surface area contributed by atoms with E-state index in [2.05, 4.69) is 15.2 Å². The molecule has 0 aliphatic carbocycles. The highest BCUT2D eigenvalue weighted by atomic mass is 32.1. The van der Waals surface area contributed by atoms with E-state index in [0.717, 1.165) is 27.0 Å². The van der Waals surface area contributed by atoms with Crippen LogP contribution in [-0.2, 0) is 7.05 Å². The molecule has 4 rings (SSSR count). The van der Waals surface area contributed by atoms with Gasteiger partial charge in [0.1, 0.15) is 11.2 Å². The van der Waals surface area contributed by atoms with Gasteiger partial charge < -0.3 is 4.90 Å². The molecule has 0 N–H and O–H groups in total. The van der Waals surface area contributed by atoms with Crippen LogP contribution in [0.1, 0.15) is 20.9 Å². The molecule has 4 heterocycles. The van der Waals surface area contributed by atoms with Gasteiger partial charge in [-0.05, 0) is 19.4 Å². The normalized spacial score (nSPS) is 11.6. The molecule has 1 amide bonds. The molecule has 0 unspecified atom stereocenters. The highest BCUT2D eigenvalue weighted by Crippen LogP contribution is 2.33. The smallest absolute Gasteiger partial charge is 0.263 e. The fourth-order valence-corrected chi connectivity index (χ4v) is 4.04. The van der Waals surface area contributed by atoms with E-state index in [1.54, 1.807) is 34.5 Å². The van der Waals surface area contributed by atoms with Crippen LogP contribution < -0.4 is 0 Å². The first-order valence-electron chi connectivity index (χ1n) is 7.73. The van der Waals surface area contributed by atoms with E-state index in [1.807, 2.05) is 27.1 Å². The second-order valence-corrected chi connectivity index (χ2v) is 7.18. The maximum atomic E-state index is 12.4. The van der Waals surface area contributed by atoms with Gasteiger partial charge in [-0.1, -0.05) is 0 Å². The molecule has 0 bridgehead atoms. The summed E-state index contributed by atoms with van der Waals surface area (Å²) in [6, 6.07) is 0. The number of hydrogen-bond acceptors (Lipinski definition) is 6. The summed E-state index contributed by atoms with van der Waals surface area (Å²) in [5.41, 5.74) is 3.35. The predicted molar refractivity (Wildman–Crippen MR) is 95.9 cm³/mol. The van der Waals surface area contributed by atoms with Crippen LogP contribution in [0.5, 0.6) is 0 Å². The molecule has 0 aromatic carbocycles. The van der Waals surface area contributed by atoms with Crippen molar-refractivity contribution in [3.8, 4) is 11.4 Å². The van der Waals surface area contributed by atoms with Crippen molar-refractivity contribution in [1.82, 2.24) is 34.3 Å². The molecule has 0 saturated heterocycles. The van der Waals surface area contributed by atoms with E-state index in [0.29, 0.717) is 16.3 Å². The summed E-state index contributed by atoms with van der Waals surface area (Å²) < 4.78 is 3.40. The highest BCUT2D eigenvalue weighted by molar-refractivity contribution is 7.20. The Hall–Kier alpha value is -2.81. The molecule has 128 valence electrons. The third-order valence-corrected chi connectivity index (χ3v) is 5.31. The maximum Gasteiger partial charge on any atom is 0.263 e. The van der Waals surface area contributed by atoms with Gasteiger partial charge in [-0.15, -0.1) is 16.4 Å². The lowest BCUT2D eigenvalue weighted by Gasteiger charge is -2.08. The van der Waals surface area contributed by atoms with E-state index in [4.69, 9.17) is 4.98 Å². The van der Waals surface area contributed by atoms with Crippen molar-refractivity contribution in [2.45, 2.75) is 13.8 Å². The topological polar surface area (TPSA) is 81.2 Å². The molecule has 25 heavy (non-hydrogen) atoms. The van der Waals surface area contributed by atoms with E-state index in [9.17, 15) is 4.79 Å². The van der Waals surface area contributed by atoms with Crippen LogP contribution >= 0.6 is 11.3 Å². The standard InChI is InChI=1S/C16H17N7OS/c1-8-11-14-18-13(10-6-22(5)19-9(10)2)20-23(14)7-17-15(11)25-12(8)16(24)21(3)4/h6-7H,1-5H3. The molecule has 0 spiro atoms. The number of carbonyl (C=O) groups excluding carboxylic acids is 1. The van der Waals surface area contributed by atoms with Crippen molar-refractivity contribution in [2.75, 3.05) is 14.1 Å². The third-order valence-electron chi connectivity index (χ3n) is 4.12. The number of rotatable bonds is 2. The van der Waals surface area contributed by atoms with Crippen LogP contribution in [-0.4, -0.2) is 54.3 Å². The number of thiophene rings is 1. The summed E-state index contributed by atoms with van der Waals surface area (Å²) >= 11 is 1.39. The summed E-state index contributed by atoms with van der Waals surface area (Å²) in [4.78, 5) is 24.6. The minimum absolute atomic E-state index is 0.0264. The minimum Gasteiger partial charge on any atom is -0.344 e. The van der Waals surface area contributed by atoms with Gasteiger partial charge in [-0.25, -0.2) is 14.5 Å². The van der Waals surface area contributed by atoms with Crippen LogP contribution in [0.15, 0.2) is 12.5 Å². The Labute approximate surface area is 147 Å². The van der Waals surface area contributed by atoms with Gasteiger partial charge in [0.15, 0.2) is 11.5 Å². The third kappa shape index (κ3) is 2.30. The van der Waals surface area contributed by atoms with Gasteiger partial charge in [-0.2, -0.15) is 5.10 Å². The first kappa shape index (κ1) is 15.7. The molecule has 4 aromatic heterocycles. The summed E-state index contributed by atoms with van der Waals surface area (Å²) in [6.07, 6.45) is 3.54. The van der Waals surface area contributed by atoms with Crippen LogP contribution in [0.25, 0.3) is 27.3 Å². The zero-order valence-electron chi connectivity index (χ0n) is 14.6. The van der Waals surface area contributed by atoms with E-state index in [-0.39, 0.29) is 5.91 Å². The fraction of sp³-hybridized carbons (Fsp3) is 0.312. The maximum absolute atomic E-state index is 12.4. The average Bonchev–Trinajstić information content (AvgIpc) is 3.21. The predicted octanol–water partition coefficient (Wildman–Crippen LogP) is 2.06. The highest BCUT2D eigenvalue weighted by Gasteiger charge is 2.22. The summed E-state index contributed by atoms with van der Waals surface area (Å²) in [5.74, 6) is 0.576. The zero-order chi connectivity index (χ0) is 17.9. The molecule has 0 radical (unpaired) electrons. The molecule has 8 nitrogen and oxygen atoms in total. The van der Waals surface area contributed by atoms with Crippen molar-refractivity contribution in [1.29, 1.82) is 0 Å². The lowest BCUT2D eigenvalue weighted by Crippen LogP contribution is -2.21. The van der Waals surface area contributed by atoms with Crippen LogP contribution in [0.2, 0.25) is 0 Å². The van der Waals surface area contributed by atoms with E-state index in [1.165, 1.54) is 11.3 Å². The minimum atomic E-state index is -0.0264. The van der Waals surface area contributed by atoms with Crippen molar-refractivity contribution < 1.29 is 4.79 Å². The van der Waals surface area contributed by atoms with Crippen LogP contribution in [0.3, 0.4) is 0 Å². The molecule has 0 aliphatic rings. The number of carbonyl (C=O) groups is 1. The van der Waals surface area contributed by atoms with Crippen LogP contribution in [0.4, 0.5) is 0 Å². The van der Waals surface area contributed by atoms with Crippen LogP contribution in [0, 0.1) is 13.8 Å². The lowest BCUT2D eigenvalue weighted by molar-refractivity contribution is 0.0831. The van der Waals surface area contributed by atoms with Crippen molar-refractivity contribution in [3.63, 3.8) is 0 Å². The molecule has 9 heteroatoms. The molecule has 0 fully saturated rings. The van der Waals surface area contributed by atoms with Crippen molar-refractivity contribution in [2.24, 2.45) is 7.05 Å². The Bertz CT molecular complexity index is 1130. The SMILES string of the molecule is Cc1nn(C)cc1-c1nc2c3c(C)c(C(=O)N(C)C)sc3ncn2n1. The largest absolute Gasteiger partial charge is 0.344 e. The van der Waals surface area contributed by atoms with Gasteiger partial charge in [0.05, 0.1) is 21.5 Å². The van der Waals surface area contributed by atoms with Gasteiger partial charge in [-0.3, -0.25) is 9.48 Å². The number of hydrogen-bond donors (Lipinski definition) is 0. The van der Waals surface area contributed by atoms with Gasteiger partial charge in [0, 0.05) is 27.3 Å². The molecular formula is C16H17N7OS. The quantitative estimate of drug-likeness (QED) is 0.550. The van der Waals surface area contributed by atoms with Crippen molar-refractivity contribution in [3.05, 3.63) is 28.7 Å². The number of aromatic nitrogens is 6. The number of aryl methyl sites for hydroxylation is 3. The second kappa shape index (κ2) is 5.35. The zero-order valence-corrected chi connectivity index (χ0v) is 15.4. The Morgan fingerprint density at radius 1 is 1.24 bits per heavy atom. The Morgan fingerprint density at radius 3 is 2.64 bits per heavy atom. The van der Waals surface area contributed by atoms with Gasteiger partial charge >= 0.3 is 0 Å².